The fourth-order valence-corrected chi connectivity index (χ4v) is 2.07. The minimum Gasteiger partial charge on any atom is -0.444 e. The summed E-state index contributed by atoms with van der Waals surface area (Å²) in [5, 5.41) is 12.7. The lowest BCUT2D eigenvalue weighted by molar-refractivity contribution is -0.124. The third kappa shape index (κ3) is 3.05. The molecule has 0 aliphatic carbocycles. The molecule has 1 unspecified atom stereocenters. The smallest absolute Gasteiger partial charge is 0.257 e. The van der Waals surface area contributed by atoms with Gasteiger partial charge in [0, 0.05) is 11.3 Å². The Labute approximate surface area is 127 Å². The fraction of sp³-hybridized carbons (Fsp3) is 0.0588. The minimum atomic E-state index is -1.20. The number of aliphatic hydroxyl groups excluding tert-OH is 1. The predicted molar refractivity (Wildman–Crippen MR) is 82.0 cm³/mol. The Hall–Kier alpha value is -2.92. The molecule has 0 fully saturated rings. The third-order valence-corrected chi connectivity index (χ3v) is 3.23. The molecule has 2 aromatic carbocycles. The molecule has 1 aromatic heterocycles. The Bertz CT molecular complexity index is 737. The van der Waals surface area contributed by atoms with Crippen molar-refractivity contribution in [1.29, 1.82) is 0 Å². The molecule has 5 heteroatoms. The van der Waals surface area contributed by atoms with E-state index in [1.807, 2.05) is 18.2 Å². The van der Waals surface area contributed by atoms with E-state index in [0.29, 0.717) is 17.0 Å². The van der Waals surface area contributed by atoms with Gasteiger partial charge in [-0.15, -0.1) is 0 Å². The minimum absolute atomic E-state index is 0.474. The van der Waals surface area contributed by atoms with Crippen LogP contribution in [0, 0.1) is 0 Å². The molecule has 3 aromatic rings. The van der Waals surface area contributed by atoms with Gasteiger partial charge in [-0.05, 0) is 29.8 Å². The normalized spacial score (nSPS) is 11.9. The molecule has 0 saturated carbocycles. The Balaban J connectivity index is 1.69. The van der Waals surface area contributed by atoms with Gasteiger partial charge in [-0.25, -0.2) is 4.98 Å². The number of nitrogens with zero attached hydrogens (tertiary/aromatic N) is 1. The van der Waals surface area contributed by atoms with E-state index in [9.17, 15) is 9.90 Å². The van der Waals surface area contributed by atoms with Crippen molar-refractivity contribution in [3.05, 3.63) is 72.8 Å². The number of nitrogens with one attached hydrogen (secondary N) is 1. The van der Waals surface area contributed by atoms with Gasteiger partial charge in [-0.3, -0.25) is 4.79 Å². The molecule has 0 spiro atoms. The molecule has 22 heavy (non-hydrogen) atoms. The number of oxazole rings is 1. The van der Waals surface area contributed by atoms with Crippen molar-refractivity contribution >= 4 is 11.6 Å². The van der Waals surface area contributed by atoms with Crippen LogP contribution in [0.2, 0.25) is 0 Å². The second kappa shape index (κ2) is 6.24. The Morgan fingerprint density at radius 2 is 1.82 bits per heavy atom. The van der Waals surface area contributed by atoms with Crippen LogP contribution in [0.15, 0.2) is 71.6 Å². The molecule has 0 aliphatic heterocycles. The van der Waals surface area contributed by atoms with Crippen molar-refractivity contribution in [2.24, 2.45) is 0 Å². The zero-order valence-electron chi connectivity index (χ0n) is 11.6. The number of rotatable bonds is 4. The van der Waals surface area contributed by atoms with Gasteiger partial charge < -0.3 is 14.8 Å². The van der Waals surface area contributed by atoms with E-state index in [1.54, 1.807) is 42.6 Å². The topological polar surface area (TPSA) is 75.4 Å². The summed E-state index contributed by atoms with van der Waals surface area (Å²) >= 11 is 0. The number of hydrogen-bond donors (Lipinski definition) is 2. The summed E-state index contributed by atoms with van der Waals surface area (Å²) in [4.78, 5) is 15.9. The van der Waals surface area contributed by atoms with Crippen molar-refractivity contribution in [1.82, 2.24) is 4.98 Å². The number of aromatic nitrogens is 1. The number of benzene rings is 2. The van der Waals surface area contributed by atoms with E-state index < -0.39 is 12.0 Å². The second-order valence-electron chi connectivity index (χ2n) is 4.75. The highest BCUT2D eigenvalue weighted by atomic mass is 16.3. The van der Waals surface area contributed by atoms with E-state index in [0.717, 1.165) is 5.56 Å². The van der Waals surface area contributed by atoms with Crippen LogP contribution in [-0.4, -0.2) is 16.0 Å². The Morgan fingerprint density at radius 1 is 1.09 bits per heavy atom. The summed E-state index contributed by atoms with van der Waals surface area (Å²) in [5.74, 6) is 0.181. The summed E-state index contributed by atoms with van der Waals surface area (Å²) in [7, 11) is 0. The van der Waals surface area contributed by atoms with Crippen molar-refractivity contribution in [3.63, 3.8) is 0 Å². The first kappa shape index (κ1) is 14.0. The first-order valence-corrected chi connectivity index (χ1v) is 6.77. The Kier molecular flexibility index (Phi) is 3.98. The van der Waals surface area contributed by atoms with Crippen LogP contribution in [0.4, 0.5) is 5.69 Å². The number of carbonyl (C=O) groups excluding carboxylic acids is 1. The zero-order valence-corrected chi connectivity index (χ0v) is 11.6. The SMILES string of the molecule is O=C(Nc1ccc(-c2cnco2)cc1)C(O)c1ccccc1. The average molecular weight is 294 g/mol. The summed E-state index contributed by atoms with van der Waals surface area (Å²) in [6.07, 6.45) is 1.78. The number of carbonyl (C=O) groups is 1. The molecule has 1 amide bonds. The molecule has 0 aliphatic rings. The molecule has 110 valence electrons. The summed E-state index contributed by atoms with van der Waals surface area (Å²) in [6, 6.07) is 15.9. The average Bonchev–Trinajstić information content (AvgIpc) is 3.10. The van der Waals surface area contributed by atoms with E-state index in [4.69, 9.17) is 4.42 Å². The van der Waals surface area contributed by atoms with Crippen LogP contribution in [0.3, 0.4) is 0 Å². The largest absolute Gasteiger partial charge is 0.444 e. The Morgan fingerprint density at radius 3 is 2.45 bits per heavy atom. The van der Waals surface area contributed by atoms with Gasteiger partial charge in [0.15, 0.2) is 18.3 Å². The third-order valence-electron chi connectivity index (χ3n) is 3.23. The monoisotopic (exact) mass is 294 g/mol. The van der Waals surface area contributed by atoms with Crippen molar-refractivity contribution < 1.29 is 14.3 Å². The highest BCUT2D eigenvalue weighted by Crippen LogP contribution is 2.21. The maximum atomic E-state index is 12.0. The zero-order chi connectivity index (χ0) is 15.4. The van der Waals surface area contributed by atoms with Gasteiger partial charge in [0.2, 0.25) is 0 Å². The lowest BCUT2D eigenvalue weighted by Crippen LogP contribution is -2.20. The number of anilines is 1. The van der Waals surface area contributed by atoms with Crippen LogP contribution < -0.4 is 5.32 Å². The lowest BCUT2D eigenvalue weighted by Gasteiger charge is -2.11. The molecular formula is C17H14N2O3. The summed E-state index contributed by atoms with van der Waals surface area (Å²) in [6.45, 7) is 0. The van der Waals surface area contributed by atoms with Crippen molar-refractivity contribution in [2.75, 3.05) is 5.32 Å². The van der Waals surface area contributed by atoms with Gasteiger partial charge in [-0.2, -0.15) is 0 Å². The van der Waals surface area contributed by atoms with E-state index >= 15 is 0 Å². The molecule has 2 N–H and O–H groups in total. The van der Waals surface area contributed by atoms with E-state index in [2.05, 4.69) is 10.3 Å². The molecule has 0 radical (unpaired) electrons. The molecule has 1 atom stereocenters. The van der Waals surface area contributed by atoms with Crippen LogP contribution in [0.1, 0.15) is 11.7 Å². The van der Waals surface area contributed by atoms with Crippen LogP contribution in [0.25, 0.3) is 11.3 Å². The van der Waals surface area contributed by atoms with E-state index in [1.165, 1.54) is 6.39 Å². The van der Waals surface area contributed by atoms with E-state index in [-0.39, 0.29) is 0 Å². The molecule has 5 nitrogen and oxygen atoms in total. The molecule has 1 heterocycles. The summed E-state index contributed by atoms with van der Waals surface area (Å²) < 4.78 is 5.20. The first-order valence-electron chi connectivity index (χ1n) is 6.77. The first-order chi connectivity index (χ1) is 10.7. The standard InChI is InChI=1S/C17H14N2O3/c20-16(13-4-2-1-3-5-13)17(21)19-14-8-6-12(7-9-14)15-10-18-11-22-15/h1-11,16,20H,(H,19,21). The number of amides is 1. The van der Waals surface area contributed by atoms with Gasteiger partial charge in [0.05, 0.1) is 6.20 Å². The van der Waals surface area contributed by atoms with Gasteiger partial charge >= 0.3 is 0 Å². The van der Waals surface area contributed by atoms with Gasteiger partial charge in [0.25, 0.3) is 5.91 Å². The van der Waals surface area contributed by atoms with Crippen LogP contribution in [-0.2, 0) is 4.79 Å². The van der Waals surface area contributed by atoms with Crippen LogP contribution >= 0.6 is 0 Å². The molecule has 0 bridgehead atoms. The lowest BCUT2D eigenvalue weighted by atomic mass is 10.1. The second-order valence-corrected chi connectivity index (χ2v) is 4.75. The molecule has 3 rings (SSSR count). The highest BCUT2D eigenvalue weighted by Gasteiger charge is 2.17. The number of hydrogen-bond acceptors (Lipinski definition) is 4. The fourth-order valence-electron chi connectivity index (χ4n) is 2.07. The quantitative estimate of drug-likeness (QED) is 0.775. The van der Waals surface area contributed by atoms with Crippen molar-refractivity contribution in [2.45, 2.75) is 6.10 Å². The highest BCUT2D eigenvalue weighted by molar-refractivity contribution is 5.94. The molecular weight excluding hydrogens is 280 g/mol. The molecule has 0 saturated heterocycles. The van der Waals surface area contributed by atoms with Gasteiger partial charge in [0.1, 0.15) is 0 Å². The predicted octanol–water partition coefficient (Wildman–Crippen LogP) is 3.01. The van der Waals surface area contributed by atoms with Crippen LogP contribution in [0.5, 0.6) is 0 Å². The maximum absolute atomic E-state index is 12.0. The van der Waals surface area contributed by atoms with Gasteiger partial charge in [-0.1, -0.05) is 30.3 Å². The maximum Gasteiger partial charge on any atom is 0.257 e. The summed E-state index contributed by atoms with van der Waals surface area (Å²) in [5.41, 5.74) is 2.01. The number of aliphatic hydroxyl groups is 1. The van der Waals surface area contributed by atoms with Crippen molar-refractivity contribution in [3.8, 4) is 11.3 Å².